The average Bonchev–Trinajstić information content (AvgIpc) is 3.10. The first-order chi connectivity index (χ1) is 11.0. The number of aromatic hydroxyl groups is 1. The zero-order valence-corrected chi connectivity index (χ0v) is 12.3. The number of carboxylic acid groups (broad SMARTS) is 1. The lowest BCUT2D eigenvalue weighted by Crippen LogP contribution is -2.19. The molecule has 0 unspecified atom stereocenters. The Hall–Kier alpha value is -3.00. The van der Waals surface area contributed by atoms with Crippen LogP contribution in [0.1, 0.15) is 16.1 Å². The number of hydrogen-bond donors (Lipinski definition) is 3. The summed E-state index contributed by atoms with van der Waals surface area (Å²) in [5.41, 5.74) is 0.116. The summed E-state index contributed by atoms with van der Waals surface area (Å²) in [5, 5.41) is 21.4. The smallest absolute Gasteiger partial charge is 0.339 e. The Kier molecular flexibility index (Phi) is 3.90. The zero-order valence-electron chi connectivity index (χ0n) is 11.5. The minimum atomic E-state index is -1.23. The highest BCUT2D eigenvalue weighted by atomic mass is 32.2. The lowest BCUT2D eigenvalue weighted by atomic mass is 10.2. The lowest BCUT2D eigenvalue weighted by Gasteiger charge is -2.01. The predicted octanol–water partition coefficient (Wildman–Crippen LogP) is 2.58. The number of carbonyl (C=O) groups excluding carboxylic acids is 1. The highest BCUT2D eigenvalue weighted by molar-refractivity contribution is 8.18. The number of nitrogens with one attached hydrogen (secondary N) is 1. The summed E-state index contributed by atoms with van der Waals surface area (Å²) in [6, 6.07) is 7.34. The Labute approximate surface area is 134 Å². The first-order valence-corrected chi connectivity index (χ1v) is 7.24. The molecule has 1 aromatic carbocycles. The van der Waals surface area contributed by atoms with Gasteiger partial charge in [-0.25, -0.2) is 9.79 Å². The van der Waals surface area contributed by atoms with E-state index in [-0.39, 0.29) is 17.2 Å². The minimum Gasteiger partial charge on any atom is -0.507 e. The first kappa shape index (κ1) is 14.9. The van der Waals surface area contributed by atoms with Crippen LogP contribution in [0.2, 0.25) is 0 Å². The fraction of sp³-hybridized carbons (Fsp3) is 0. The maximum absolute atomic E-state index is 11.9. The highest BCUT2D eigenvalue weighted by Crippen LogP contribution is 2.30. The normalized spacial score (nSPS) is 17.7. The third kappa shape index (κ3) is 3.27. The van der Waals surface area contributed by atoms with E-state index >= 15 is 0 Å². The number of thioether (sulfide) groups is 1. The molecule has 0 atom stereocenters. The average molecular weight is 330 g/mol. The van der Waals surface area contributed by atoms with Gasteiger partial charge in [0.15, 0.2) is 5.17 Å². The standard InChI is InChI=1S/C15H10N2O5S/c18-11-6-8(3-4-10(11)14(20)21)16-15-17-13(19)12(23-15)7-9-2-1-5-22-9/h1-7,18H,(H,20,21)(H,16,17,19)/b12-7-. The van der Waals surface area contributed by atoms with Crippen molar-refractivity contribution in [3.8, 4) is 5.75 Å². The van der Waals surface area contributed by atoms with E-state index in [1.54, 1.807) is 18.2 Å². The monoisotopic (exact) mass is 330 g/mol. The number of amides is 1. The van der Waals surface area contributed by atoms with E-state index < -0.39 is 5.97 Å². The van der Waals surface area contributed by atoms with E-state index in [0.29, 0.717) is 21.5 Å². The molecule has 0 bridgehead atoms. The van der Waals surface area contributed by atoms with Gasteiger partial charge in [-0.05, 0) is 36.0 Å². The van der Waals surface area contributed by atoms with Crippen LogP contribution in [0.15, 0.2) is 50.9 Å². The van der Waals surface area contributed by atoms with Gasteiger partial charge < -0.3 is 19.9 Å². The molecule has 1 aromatic heterocycles. The molecule has 1 aliphatic rings. The van der Waals surface area contributed by atoms with E-state index in [9.17, 15) is 14.7 Å². The number of phenols is 1. The summed E-state index contributed by atoms with van der Waals surface area (Å²) < 4.78 is 5.15. The van der Waals surface area contributed by atoms with Gasteiger partial charge in [0.05, 0.1) is 16.9 Å². The van der Waals surface area contributed by atoms with Crippen LogP contribution in [-0.2, 0) is 4.79 Å². The Morgan fingerprint density at radius 1 is 1.35 bits per heavy atom. The SMILES string of the molecule is O=C1NC(=Nc2ccc(C(=O)O)c(O)c2)S/C1=C\c1ccco1. The second-order valence-corrected chi connectivity index (χ2v) is 5.53. The van der Waals surface area contributed by atoms with Crippen molar-refractivity contribution in [2.75, 3.05) is 0 Å². The number of carboxylic acids is 1. The summed E-state index contributed by atoms with van der Waals surface area (Å²) in [4.78, 5) is 27.3. The summed E-state index contributed by atoms with van der Waals surface area (Å²) in [7, 11) is 0. The van der Waals surface area contributed by atoms with E-state index in [2.05, 4.69) is 10.3 Å². The van der Waals surface area contributed by atoms with E-state index in [1.165, 1.54) is 24.5 Å². The molecule has 7 nitrogen and oxygen atoms in total. The molecule has 2 heterocycles. The van der Waals surface area contributed by atoms with Crippen molar-refractivity contribution in [3.05, 3.63) is 52.8 Å². The Morgan fingerprint density at radius 3 is 2.83 bits per heavy atom. The van der Waals surface area contributed by atoms with Gasteiger partial charge in [0, 0.05) is 12.1 Å². The number of furan rings is 1. The topological polar surface area (TPSA) is 112 Å². The van der Waals surface area contributed by atoms with Crippen LogP contribution in [-0.4, -0.2) is 27.3 Å². The Morgan fingerprint density at radius 2 is 2.17 bits per heavy atom. The van der Waals surface area contributed by atoms with E-state index in [0.717, 1.165) is 11.8 Å². The molecule has 23 heavy (non-hydrogen) atoms. The number of rotatable bonds is 3. The van der Waals surface area contributed by atoms with Crippen molar-refractivity contribution in [1.82, 2.24) is 5.32 Å². The molecule has 0 saturated carbocycles. The molecule has 116 valence electrons. The van der Waals surface area contributed by atoms with Crippen LogP contribution >= 0.6 is 11.8 Å². The molecule has 1 saturated heterocycles. The summed E-state index contributed by atoms with van der Waals surface area (Å²) in [6.07, 6.45) is 3.10. The number of nitrogens with zero attached hydrogens (tertiary/aromatic N) is 1. The van der Waals surface area contributed by atoms with Crippen molar-refractivity contribution >= 4 is 40.6 Å². The summed E-state index contributed by atoms with van der Waals surface area (Å²) in [6.45, 7) is 0. The third-order valence-electron chi connectivity index (χ3n) is 2.91. The zero-order chi connectivity index (χ0) is 16.4. The minimum absolute atomic E-state index is 0.213. The molecule has 0 aliphatic carbocycles. The second-order valence-electron chi connectivity index (χ2n) is 4.50. The fourth-order valence-electron chi connectivity index (χ4n) is 1.87. The van der Waals surface area contributed by atoms with Gasteiger partial charge in [0.25, 0.3) is 5.91 Å². The lowest BCUT2D eigenvalue weighted by molar-refractivity contribution is -0.115. The number of amidine groups is 1. The van der Waals surface area contributed by atoms with Crippen molar-refractivity contribution < 1.29 is 24.2 Å². The summed E-state index contributed by atoms with van der Waals surface area (Å²) in [5.74, 6) is -1.38. The van der Waals surface area contributed by atoms with Gasteiger partial charge in [-0.3, -0.25) is 4.79 Å². The molecular formula is C15H10N2O5S. The second kappa shape index (κ2) is 6.01. The Balaban J connectivity index is 1.83. The maximum Gasteiger partial charge on any atom is 0.339 e. The van der Waals surface area contributed by atoms with Crippen LogP contribution in [0.25, 0.3) is 6.08 Å². The molecule has 1 amide bonds. The molecule has 1 aliphatic heterocycles. The molecule has 0 radical (unpaired) electrons. The highest BCUT2D eigenvalue weighted by Gasteiger charge is 2.24. The van der Waals surface area contributed by atoms with Crippen LogP contribution in [0.3, 0.4) is 0 Å². The quantitative estimate of drug-likeness (QED) is 0.746. The van der Waals surface area contributed by atoms with Crippen molar-refractivity contribution in [2.45, 2.75) is 0 Å². The van der Waals surface area contributed by atoms with Gasteiger partial charge in [-0.15, -0.1) is 0 Å². The number of benzene rings is 1. The molecule has 0 spiro atoms. The predicted molar refractivity (Wildman–Crippen MR) is 84.6 cm³/mol. The molecule has 1 fully saturated rings. The number of carbonyl (C=O) groups is 2. The van der Waals surface area contributed by atoms with Gasteiger partial charge in [0.2, 0.25) is 0 Å². The molecular weight excluding hydrogens is 320 g/mol. The van der Waals surface area contributed by atoms with E-state index in [4.69, 9.17) is 9.52 Å². The number of aromatic carboxylic acids is 1. The summed E-state index contributed by atoms with van der Waals surface area (Å²) >= 11 is 1.12. The van der Waals surface area contributed by atoms with Crippen molar-refractivity contribution in [1.29, 1.82) is 0 Å². The molecule has 8 heteroatoms. The molecule has 3 rings (SSSR count). The van der Waals surface area contributed by atoms with Crippen LogP contribution in [0.4, 0.5) is 5.69 Å². The van der Waals surface area contributed by atoms with Crippen LogP contribution in [0.5, 0.6) is 5.75 Å². The Bertz CT molecular complexity index is 840. The van der Waals surface area contributed by atoms with Gasteiger partial charge in [0.1, 0.15) is 17.1 Å². The molecule has 2 aromatic rings. The molecule has 3 N–H and O–H groups in total. The largest absolute Gasteiger partial charge is 0.507 e. The van der Waals surface area contributed by atoms with Crippen LogP contribution < -0.4 is 5.32 Å². The third-order valence-corrected chi connectivity index (χ3v) is 3.82. The number of hydrogen-bond acceptors (Lipinski definition) is 6. The van der Waals surface area contributed by atoms with Crippen LogP contribution in [0, 0.1) is 0 Å². The maximum atomic E-state index is 11.9. The van der Waals surface area contributed by atoms with Gasteiger partial charge in [-0.1, -0.05) is 0 Å². The first-order valence-electron chi connectivity index (χ1n) is 6.42. The van der Waals surface area contributed by atoms with Crippen molar-refractivity contribution in [2.24, 2.45) is 4.99 Å². The fourth-order valence-corrected chi connectivity index (χ4v) is 2.69. The van der Waals surface area contributed by atoms with E-state index in [1.807, 2.05) is 0 Å². The van der Waals surface area contributed by atoms with Crippen molar-refractivity contribution in [3.63, 3.8) is 0 Å². The van der Waals surface area contributed by atoms with Gasteiger partial charge >= 0.3 is 5.97 Å². The van der Waals surface area contributed by atoms with Gasteiger partial charge in [-0.2, -0.15) is 0 Å². The number of aliphatic imine (C=N–C) groups is 1.